The van der Waals surface area contributed by atoms with E-state index in [9.17, 15) is 0 Å². The molecule has 4 heteroatoms. The zero-order chi connectivity index (χ0) is 10.3. The van der Waals surface area contributed by atoms with E-state index in [4.69, 9.17) is 9.47 Å². The van der Waals surface area contributed by atoms with E-state index < -0.39 is 8.07 Å². The first-order valence-electron chi connectivity index (χ1n) is 5.22. The van der Waals surface area contributed by atoms with Gasteiger partial charge in [0.2, 0.25) is 0 Å². The first-order valence-corrected chi connectivity index (χ1v) is 10.7. The van der Waals surface area contributed by atoms with Crippen LogP contribution in [0.3, 0.4) is 0 Å². The van der Waals surface area contributed by atoms with Gasteiger partial charge >= 0.3 is 0 Å². The molecule has 0 amide bonds. The standard InChI is InChI=1S/C9H24O2Si2/c1-6-10-9(11-7-2)12-8-13(3,4)5/h9H,6-8,12H2,1-5H3. The van der Waals surface area contributed by atoms with Gasteiger partial charge in [-0.2, -0.15) is 0 Å². The molecule has 0 N–H and O–H groups in total. The van der Waals surface area contributed by atoms with Crippen LogP contribution in [0.5, 0.6) is 0 Å². The summed E-state index contributed by atoms with van der Waals surface area (Å²) in [5.41, 5.74) is 1.41. The van der Waals surface area contributed by atoms with E-state index in [1.165, 1.54) is 5.67 Å². The lowest BCUT2D eigenvalue weighted by atomic mass is 10.9. The molecule has 0 rings (SSSR count). The fraction of sp³-hybridized carbons (Fsp3) is 1.00. The highest BCUT2D eigenvalue weighted by molar-refractivity contribution is 6.83. The van der Waals surface area contributed by atoms with Crippen molar-refractivity contribution in [2.75, 3.05) is 13.2 Å². The quantitative estimate of drug-likeness (QED) is 0.481. The molecule has 2 nitrogen and oxygen atoms in total. The van der Waals surface area contributed by atoms with E-state index in [2.05, 4.69) is 19.6 Å². The monoisotopic (exact) mass is 220 g/mol. The molecule has 0 aromatic carbocycles. The summed E-state index contributed by atoms with van der Waals surface area (Å²) in [6.07, 6.45) is 0. The third kappa shape index (κ3) is 8.68. The summed E-state index contributed by atoms with van der Waals surface area (Å²) in [5.74, 6) is 0.168. The first-order chi connectivity index (χ1) is 5.99. The van der Waals surface area contributed by atoms with Crippen molar-refractivity contribution in [3.8, 4) is 0 Å². The van der Waals surface area contributed by atoms with Crippen LogP contribution in [0.4, 0.5) is 0 Å². The second kappa shape index (κ2) is 6.76. The lowest BCUT2D eigenvalue weighted by molar-refractivity contribution is -0.0825. The normalized spacial score (nSPS) is 13.4. The molecule has 0 unspecified atom stereocenters. The highest BCUT2D eigenvalue weighted by Crippen LogP contribution is 2.08. The minimum atomic E-state index is -0.876. The van der Waals surface area contributed by atoms with E-state index in [0.29, 0.717) is 0 Å². The minimum Gasteiger partial charge on any atom is -0.357 e. The van der Waals surface area contributed by atoms with Gasteiger partial charge in [0.1, 0.15) is 5.91 Å². The third-order valence-corrected chi connectivity index (χ3v) is 9.93. The van der Waals surface area contributed by atoms with Crippen LogP contribution < -0.4 is 0 Å². The van der Waals surface area contributed by atoms with E-state index in [1.807, 2.05) is 13.8 Å². The van der Waals surface area contributed by atoms with Crippen molar-refractivity contribution in [3.63, 3.8) is 0 Å². The Balaban J connectivity index is 3.68. The minimum absolute atomic E-state index is 0.168. The van der Waals surface area contributed by atoms with Gasteiger partial charge in [0.25, 0.3) is 0 Å². The predicted molar refractivity (Wildman–Crippen MR) is 63.7 cm³/mol. The fourth-order valence-corrected chi connectivity index (χ4v) is 6.35. The molecule has 0 radical (unpaired) electrons. The molecule has 0 atom stereocenters. The average Bonchev–Trinajstić information content (AvgIpc) is 2.00. The van der Waals surface area contributed by atoms with Crippen LogP contribution in [0.2, 0.25) is 25.3 Å². The van der Waals surface area contributed by atoms with Gasteiger partial charge in [0, 0.05) is 21.3 Å². The van der Waals surface area contributed by atoms with Gasteiger partial charge in [0.15, 0.2) is 0 Å². The maximum atomic E-state index is 5.54. The summed E-state index contributed by atoms with van der Waals surface area (Å²) in [7, 11) is -1.06. The molecule has 13 heavy (non-hydrogen) atoms. The summed E-state index contributed by atoms with van der Waals surface area (Å²) < 4.78 is 11.1. The molecule has 0 aliphatic heterocycles. The Bertz CT molecular complexity index is 117. The van der Waals surface area contributed by atoms with E-state index >= 15 is 0 Å². The summed E-state index contributed by atoms with van der Waals surface area (Å²) in [6, 6.07) is 0. The second-order valence-corrected chi connectivity index (χ2v) is 12.8. The molecular weight excluding hydrogens is 196 g/mol. The predicted octanol–water partition coefficient (Wildman–Crippen LogP) is 1.81. The van der Waals surface area contributed by atoms with E-state index in [-0.39, 0.29) is 15.4 Å². The maximum Gasteiger partial charge on any atom is 0.134 e. The summed E-state index contributed by atoms with van der Waals surface area (Å²) in [5, 5.41) is 0. The van der Waals surface area contributed by atoms with Crippen molar-refractivity contribution in [2.45, 2.75) is 45.1 Å². The van der Waals surface area contributed by atoms with Crippen LogP contribution in [0.1, 0.15) is 13.8 Å². The van der Waals surface area contributed by atoms with Gasteiger partial charge < -0.3 is 9.47 Å². The highest BCUT2D eigenvalue weighted by Gasteiger charge is 2.17. The SMILES string of the molecule is CCOC(OCC)[SiH2]C[Si](C)(C)C. The lowest BCUT2D eigenvalue weighted by Crippen LogP contribution is -2.32. The average molecular weight is 220 g/mol. The first kappa shape index (κ1) is 13.4. The van der Waals surface area contributed by atoms with Crippen molar-refractivity contribution >= 4 is 17.6 Å². The van der Waals surface area contributed by atoms with Gasteiger partial charge in [0.05, 0.1) is 9.52 Å². The molecule has 0 saturated heterocycles. The fourth-order valence-electron chi connectivity index (χ4n) is 1.14. The van der Waals surface area contributed by atoms with Gasteiger partial charge in [-0.1, -0.05) is 25.3 Å². The molecule has 0 aromatic heterocycles. The summed E-state index contributed by atoms with van der Waals surface area (Å²) in [4.78, 5) is 0. The summed E-state index contributed by atoms with van der Waals surface area (Å²) in [6.45, 7) is 12.9. The maximum absolute atomic E-state index is 5.54. The van der Waals surface area contributed by atoms with Crippen LogP contribution in [-0.4, -0.2) is 36.7 Å². The van der Waals surface area contributed by atoms with Crippen LogP contribution in [0, 0.1) is 0 Å². The Labute approximate surface area is 85.8 Å². The lowest BCUT2D eigenvalue weighted by Gasteiger charge is -2.21. The zero-order valence-corrected chi connectivity index (χ0v) is 12.1. The van der Waals surface area contributed by atoms with Crippen LogP contribution in [-0.2, 0) is 9.47 Å². The Morgan fingerprint density at radius 1 is 1.08 bits per heavy atom. The van der Waals surface area contributed by atoms with Crippen molar-refractivity contribution in [1.29, 1.82) is 0 Å². The Kier molecular flexibility index (Phi) is 6.94. The van der Waals surface area contributed by atoms with Crippen LogP contribution in [0.15, 0.2) is 0 Å². The second-order valence-electron chi connectivity index (χ2n) is 4.44. The Morgan fingerprint density at radius 3 is 1.85 bits per heavy atom. The van der Waals surface area contributed by atoms with E-state index in [0.717, 1.165) is 13.2 Å². The number of hydrogen-bond donors (Lipinski definition) is 0. The van der Waals surface area contributed by atoms with Crippen molar-refractivity contribution in [3.05, 3.63) is 0 Å². The molecule has 0 heterocycles. The van der Waals surface area contributed by atoms with Crippen LogP contribution in [0.25, 0.3) is 0 Å². The largest absolute Gasteiger partial charge is 0.357 e. The Hall–Kier alpha value is 0.354. The Morgan fingerprint density at radius 2 is 1.54 bits per heavy atom. The summed E-state index contributed by atoms with van der Waals surface area (Å²) >= 11 is 0. The number of hydrogen-bond acceptors (Lipinski definition) is 2. The third-order valence-electron chi connectivity index (χ3n) is 1.84. The topological polar surface area (TPSA) is 18.5 Å². The number of ether oxygens (including phenoxy) is 2. The van der Waals surface area contributed by atoms with E-state index in [1.54, 1.807) is 0 Å². The molecule has 0 spiro atoms. The molecule has 0 bridgehead atoms. The molecular formula is C9H24O2Si2. The molecule has 80 valence electrons. The zero-order valence-electron chi connectivity index (χ0n) is 9.72. The van der Waals surface area contributed by atoms with Gasteiger partial charge in [-0.25, -0.2) is 0 Å². The highest BCUT2D eigenvalue weighted by atomic mass is 28.4. The van der Waals surface area contributed by atoms with Gasteiger partial charge in [-0.3, -0.25) is 0 Å². The van der Waals surface area contributed by atoms with Gasteiger partial charge in [-0.15, -0.1) is 0 Å². The van der Waals surface area contributed by atoms with Crippen molar-refractivity contribution in [1.82, 2.24) is 0 Å². The molecule has 0 aliphatic carbocycles. The van der Waals surface area contributed by atoms with Crippen molar-refractivity contribution in [2.24, 2.45) is 0 Å². The molecule has 0 fully saturated rings. The van der Waals surface area contributed by atoms with Gasteiger partial charge in [-0.05, 0) is 13.8 Å². The smallest absolute Gasteiger partial charge is 0.134 e. The molecule has 0 saturated carbocycles. The number of rotatable bonds is 7. The molecule has 0 aliphatic rings. The molecule has 0 aromatic rings. The van der Waals surface area contributed by atoms with Crippen LogP contribution >= 0.6 is 0 Å². The van der Waals surface area contributed by atoms with Crippen molar-refractivity contribution < 1.29 is 9.47 Å².